The summed E-state index contributed by atoms with van der Waals surface area (Å²) in [6.45, 7) is 3.81. The molecule has 0 spiro atoms. The van der Waals surface area contributed by atoms with Crippen molar-refractivity contribution in [2.45, 2.75) is 76.6 Å². The Balaban J connectivity index is 1.97. The zero-order valence-electron chi connectivity index (χ0n) is 24.6. The predicted octanol–water partition coefficient (Wildman–Crippen LogP) is 9.53. The fraction of sp³-hybridized carbons (Fsp3) is 0.452. The van der Waals surface area contributed by atoms with Gasteiger partial charge >= 0.3 is 30.1 Å². The first-order valence-electron chi connectivity index (χ1n) is 13.9. The van der Waals surface area contributed by atoms with E-state index in [1.807, 2.05) is 6.92 Å². The molecule has 0 aliphatic heterocycles. The van der Waals surface area contributed by atoms with E-state index >= 15 is 0 Å². The topological polar surface area (TPSA) is 49.7 Å². The third-order valence-electron chi connectivity index (χ3n) is 6.85. The van der Waals surface area contributed by atoms with Crippen LogP contribution < -0.4 is 9.47 Å². The summed E-state index contributed by atoms with van der Waals surface area (Å²) in [5.74, 6) is -19.2. The molecule has 0 amide bonds. The summed E-state index contributed by atoms with van der Waals surface area (Å²) in [4.78, 5) is 11.0. The van der Waals surface area contributed by atoms with E-state index < -0.39 is 60.9 Å². The monoisotopic (exact) mass is 653 g/mol. The average Bonchev–Trinajstić information content (AvgIpc) is 3.33. The molecule has 3 rings (SSSR count). The molecular formula is C31H32F9NO4. The lowest BCUT2D eigenvalue weighted by atomic mass is 10.0. The molecule has 0 aliphatic rings. The van der Waals surface area contributed by atoms with Crippen LogP contribution in [0.25, 0.3) is 22.2 Å². The zero-order valence-corrected chi connectivity index (χ0v) is 24.6. The maximum atomic E-state index is 14.4. The minimum Gasteiger partial charge on any atom is -0.487 e. The lowest BCUT2D eigenvalue weighted by Gasteiger charge is -2.32. The van der Waals surface area contributed by atoms with E-state index in [2.05, 4.69) is 16.1 Å². The standard InChI is InChI=1S/C31H32F9NO4/c1-5-7-8-9-20-10-13-23(26(14-20)45-31(38,39)40)25-15-21-11-12-22(16-24(21)41(25)19(3)4)43-17-28(32,33)30(36,37)29(34,35)18-44-27(42)6-2/h6,10-16,19H,2,5,7-9,17-18H2,1,3-4H3. The summed E-state index contributed by atoms with van der Waals surface area (Å²) >= 11 is 0. The molecule has 14 heteroatoms. The number of hydrogen-bond donors (Lipinski definition) is 0. The number of unbranched alkanes of at least 4 members (excludes halogenated alkanes) is 2. The maximum Gasteiger partial charge on any atom is 0.573 e. The number of hydrogen-bond acceptors (Lipinski definition) is 4. The third kappa shape index (κ3) is 8.26. The van der Waals surface area contributed by atoms with Gasteiger partial charge in [-0.25, -0.2) is 4.79 Å². The number of alkyl halides is 9. The number of aromatic nitrogens is 1. The number of fused-ring (bicyclic) bond motifs is 1. The van der Waals surface area contributed by atoms with Crippen LogP contribution in [-0.4, -0.2) is 47.9 Å². The average molecular weight is 654 g/mol. The normalized spacial score (nSPS) is 12.9. The molecule has 0 radical (unpaired) electrons. The van der Waals surface area contributed by atoms with Gasteiger partial charge in [0.2, 0.25) is 0 Å². The maximum absolute atomic E-state index is 14.4. The minimum absolute atomic E-state index is 0.0875. The highest BCUT2D eigenvalue weighted by Crippen LogP contribution is 2.46. The van der Waals surface area contributed by atoms with Crippen molar-refractivity contribution in [3.8, 4) is 22.8 Å². The van der Waals surface area contributed by atoms with Crippen LogP contribution in [-0.2, 0) is 16.0 Å². The first-order chi connectivity index (χ1) is 20.8. The lowest BCUT2D eigenvalue weighted by Crippen LogP contribution is -2.58. The Kier molecular flexibility index (Phi) is 10.8. The number of carbonyl (C=O) groups excluding carboxylic acids is 1. The third-order valence-corrected chi connectivity index (χ3v) is 6.85. The molecule has 0 bridgehead atoms. The van der Waals surface area contributed by atoms with Crippen LogP contribution in [0.15, 0.2) is 55.1 Å². The van der Waals surface area contributed by atoms with Gasteiger partial charge in [0.15, 0.2) is 13.2 Å². The molecule has 0 unspecified atom stereocenters. The number of rotatable bonds is 15. The van der Waals surface area contributed by atoms with Gasteiger partial charge in [-0.1, -0.05) is 32.4 Å². The highest BCUT2D eigenvalue weighted by molar-refractivity contribution is 5.89. The summed E-state index contributed by atoms with van der Waals surface area (Å²) < 4.78 is 140. The second-order valence-electron chi connectivity index (χ2n) is 10.6. The highest BCUT2D eigenvalue weighted by atomic mass is 19.4. The minimum atomic E-state index is -5.98. The molecule has 0 saturated heterocycles. The number of benzene rings is 2. The lowest BCUT2D eigenvalue weighted by molar-refractivity contribution is -0.322. The van der Waals surface area contributed by atoms with Crippen LogP contribution in [0.2, 0.25) is 0 Å². The molecule has 3 aromatic rings. The molecule has 45 heavy (non-hydrogen) atoms. The Bertz CT molecular complexity index is 1500. The van der Waals surface area contributed by atoms with Crippen molar-refractivity contribution in [2.75, 3.05) is 13.2 Å². The molecule has 5 nitrogen and oxygen atoms in total. The summed E-state index contributed by atoms with van der Waals surface area (Å²) in [5.41, 5.74) is 1.28. The van der Waals surface area contributed by atoms with Crippen LogP contribution in [0, 0.1) is 0 Å². The second-order valence-corrected chi connectivity index (χ2v) is 10.6. The highest BCUT2D eigenvalue weighted by Gasteiger charge is 2.72. The Morgan fingerprint density at radius 2 is 1.58 bits per heavy atom. The van der Waals surface area contributed by atoms with Crippen LogP contribution in [0.4, 0.5) is 39.5 Å². The van der Waals surface area contributed by atoms with Gasteiger partial charge in [-0.05, 0) is 62.6 Å². The number of ether oxygens (including phenoxy) is 3. The van der Waals surface area contributed by atoms with Gasteiger partial charge in [0.05, 0.1) is 11.2 Å². The fourth-order valence-corrected chi connectivity index (χ4v) is 4.62. The van der Waals surface area contributed by atoms with Crippen LogP contribution in [0.5, 0.6) is 11.5 Å². The van der Waals surface area contributed by atoms with Crippen LogP contribution in [0.3, 0.4) is 0 Å². The van der Waals surface area contributed by atoms with Crippen molar-refractivity contribution < 1.29 is 58.5 Å². The Labute approximate surface area is 253 Å². The van der Waals surface area contributed by atoms with Crippen molar-refractivity contribution in [1.29, 1.82) is 0 Å². The quantitative estimate of drug-likeness (QED) is 0.0710. The molecule has 0 N–H and O–H groups in total. The van der Waals surface area contributed by atoms with Crippen molar-refractivity contribution >= 4 is 16.9 Å². The first-order valence-corrected chi connectivity index (χ1v) is 13.9. The Hall–Kier alpha value is -3.84. The predicted molar refractivity (Wildman–Crippen MR) is 149 cm³/mol. The number of nitrogens with zero attached hydrogens (tertiary/aromatic N) is 1. The van der Waals surface area contributed by atoms with Gasteiger partial charge in [-0.3, -0.25) is 0 Å². The van der Waals surface area contributed by atoms with Crippen molar-refractivity contribution in [3.05, 3.63) is 60.7 Å². The largest absolute Gasteiger partial charge is 0.573 e. The van der Waals surface area contributed by atoms with Crippen molar-refractivity contribution in [2.24, 2.45) is 0 Å². The van der Waals surface area contributed by atoms with Gasteiger partial charge in [0.1, 0.15) is 11.5 Å². The number of aryl methyl sites for hydroxylation is 1. The van der Waals surface area contributed by atoms with E-state index in [1.54, 1.807) is 30.5 Å². The van der Waals surface area contributed by atoms with Gasteiger partial charge in [-0.15, -0.1) is 13.2 Å². The van der Waals surface area contributed by atoms with Gasteiger partial charge < -0.3 is 18.8 Å². The molecule has 1 heterocycles. The molecule has 0 fully saturated rings. The number of esters is 1. The molecule has 1 aromatic heterocycles. The molecule has 0 saturated carbocycles. The summed E-state index contributed by atoms with van der Waals surface area (Å²) in [7, 11) is 0. The Morgan fingerprint density at radius 3 is 2.18 bits per heavy atom. The summed E-state index contributed by atoms with van der Waals surface area (Å²) in [6, 6.07) is 9.27. The van der Waals surface area contributed by atoms with Crippen LogP contribution >= 0.6 is 0 Å². The van der Waals surface area contributed by atoms with Crippen molar-refractivity contribution in [3.63, 3.8) is 0 Å². The first kappa shape index (κ1) is 35.6. The number of carbonyl (C=O) groups is 1. The van der Waals surface area contributed by atoms with Crippen LogP contribution in [0.1, 0.15) is 51.6 Å². The molecule has 0 atom stereocenters. The molecular weight excluding hydrogens is 621 g/mol. The molecule has 2 aromatic carbocycles. The summed E-state index contributed by atoms with van der Waals surface area (Å²) in [5, 5.41) is 0.434. The zero-order chi connectivity index (χ0) is 33.8. The van der Waals surface area contributed by atoms with Gasteiger partial charge in [0, 0.05) is 29.1 Å². The van der Waals surface area contributed by atoms with E-state index in [-0.39, 0.29) is 16.8 Å². The van der Waals surface area contributed by atoms with Gasteiger partial charge in [-0.2, -0.15) is 26.3 Å². The van der Waals surface area contributed by atoms with Crippen molar-refractivity contribution in [1.82, 2.24) is 4.57 Å². The molecule has 248 valence electrons. The smallest absolute Gasteiger partial charge is 0.487 e. The SMILES string of the molecule is C=CC(=O)OCC(F)(F)C(F)(F)C(F)(F)COc1ccc2cc(-c3ccc(CCCCC)cc3OC(F)(F)F)n(C(C)C)c2c1. The Morgan fingerprint density at radius 1 is 0.911 bits per heavy atom. The van der Waals surface area contributed by atoms with Gasteiger partial charge in [0.25, 0.3) is 0 Å². The fourth-order valence-electron chi connectivity index (χ4n) is 4.62. The van der Waals surface area contributed by atoms with E-state index in [1.165, 1.54) is 24.3 Å². The van der Waals surface area contributed by atoms with E-state index in [0.29, 0.717) is 23.4 Å². The second kappa shape index (κ2) is 13.7. The van der Waals surface area contributed by atoms with E-state index in [4.69, 9.17) is 4.74 Å². The van der Waals surface area contributed by atoms with E-state index in [9.17, 15) is 44.3 Å². The summed E-state index contributed by atoms with van der Waals surface area (Å²) in [6.07, 6.45) is -1.49. The number of halogens is 9. The van der Waals surface area contributed by atoms with E-state index in [0.717, 1.165) is 25.3 Å². The molecule has 0 aliphatic carbocycles.